The molecule has 0 fully saturated rings. The first kappa shape index (κ1) is 15.8. The SMILES string of the molecule is CCC(C)CN(C)S(=O)(=O)c1c(NC)nc2ccccn12. The first-order chi connectivity index (χ1) is 9.91. The van der Waals surface area contributed by atoms with Crippen molar-refractivity contribution < 1.29 is 8.42 Å². The summed E-state index contributed by atoms with van der Waals surface area (Å²) in [7, 11) is -0.308. The van der Waals surface area contributed by atoms with E-state index in [0.29, 0.717) is 23.9 Å². The molecule has 2 rings (SSSR count). The zero-order valence-electron chi connectivity index (χ0n) is 12.9. The van der Waals surface area contributed by atoms with Crippen molar-refractivity contribution >= 4 is 21.5 Å². The fourth-order valence-corrected chi connectivity index (χ4v) is 3.74. The Kier molecular flexibility index (Phi) is 4.53. The molecule has 1 N–H and O–H groups in total. The summed E-state index contributed by atoms with van der Waals surface area (Å²) in [4.78, 5) is 4.33. The molecular formula is C14H22N4O2S. The van der Waals surface area contributed by atoms with Crippen LogP contribution in [0.4, 0.5) is 5.82 Å². The quantitative estimate of drug-likeness (QED) is 0.886. The van der Waals surface area contributed by atoms with Gasteiger partial charge in [0.1, 0.15) is 5.65 Å². The van der Waals surface area contributed by atoms with Gasteiger partial charge in [0.05, 0.1) is 0 Å². The highest BCUT2D eigenvalue weighted by Crippen LogP contribution is 2.25. The molecule has 0 aromatic carbocycles. The minimum atomic E-state index is -3.60. The van der Waals surface area contributed by atoms with Gasteiger partial charge >= 0.3 is 0 Å². The Morgan fingerprint density at radius 2 is 2.14 bits per heavy atom. The Balaban J connectivity index is 2.53. The van der Waals surface area contributed by atoms with E-state index >= 15 is 0 Å². The van der Waals surface area contributed by atoms with E-state index in [9.17, 15) is 8.42 Å². The van der Waals surface area contributed by atoms with E-state index in [-0.39, 0.29) is 5.03 Å². The number of aromatic nitrogens is 2. The number of anilines is 1. The van der Waals surface area contributed by atoms with E-state index in [1.54, 1.807) is 36.8 Å². The summed E-state index contributed by atoms with van der Waals surface area (Å²) < 4.78 is 28.7. The van der Waals surface area contributed by atoms with Crippen LogP contribution < -0.4 is 5.32 Å². The van der Waals surface area contributed by atoms with Gasteiger partial charge in [-0.05, 0) is 18.1 Å². The molecule has 1 atom stereocenters. The average molecular weight is 310 g/mol. The molecule has 2 aromatic heterocycles. The van der Waals surface area contributed by atoms with E-state index in [4.69, 9.17) is 0 Å². The number of nitrogens with one attached hydrogen (secondary N) is 1. The van der Waals surface area contributed by atoms with Crippen molar-refractivity contribution in [2.24, 2.45) is 5.92 Å². The summed E-state index contributed by atoms with van der Waals surface area (Å²) in [5, 5.41) is 3.06. The van der Waals surface area contributed by atoms with Crippen LogP contribution in [0.5, 0.6) is 0 Å². The van der Waals surface area contributed by atoms with E-state index in [1.165, 1.54) is 4.31 Å². The third-order valence-corrected chi connectivity index (χ3v) is 5.49. The Bertz CT molecular complexity index is 724. The minimum Gasteiger partial charge on any atom is -0.371 e. The summed E-state index contributed by atoms with van der Waals surface area (Å²) in [6, 6.07) is 5.41. The van der Waals surface area contributed by atoms with Crippen LogP contribution in [-0.4, -0.2) is 42.7 Å². The van der Waals surface area contributed by atoms with Gasteiger partial charge in [-0.3, -0.25) is 4.40 Å². The predicted octanol–water partition coefficient (Wildman–Crippen LogP) is 2.04. The molecule has 2 heterocycles. The van der Waals surface area contributed by atoms with Crippen molar-refractivity contribution in [3.05, 3.63) is 24.4 Å². The number of hydrogen-bond acceptors (Lipinski definition) is 4. The number of pyridine rings is 1. The number of hydrogen-bond donors (Lipinski definition) is 1. The second-order valence-electron chi connectivity index (χ2n) is 5.24. The minimum absolute atomic E-state index is 0.186. The Hall–Kier alpha value is -1.60. The molecule has 1 unspecified atom stereocenters. The summed E-state index contributed by atoms with van der Waals surface area (Å²) in [6.07, 6.45) is 2.65. The number of fused-ring (bicyclic) bond motifs is 1. The van der Waals surface area contributed by atoms with Gasteiger partial charge in [-0.25, -0.2) is 13.4 Å². The maximum absolute atomic E-state index is 12.9. The molecule has 0 saturated carbocycles. The molecule has 0 saturated heterocycles. The molecule has 0 aliphatic rings. The van der Waals surface area contributed by atoms with Crippen molar-refractivity contribution in [1.29, 1.82) is 0 Å². The lowest BCUT2D eigenvalue weighted by atomic mass is 10.1. The third-order valence-electron chi connectivity index (χ3n) is 3.64. The highest BCUT2D eigenvalue weighted by Gasteiger charge is 2.29. The van der Waals surface area contributed by atoms with Crippen LogP contribution in [0.3, 0.4) is 0 Å². The second-order valence-corrected chi connectivity index (χ2v) is 7.20. The lowest BCUT2D eigenvalue weighted by Gasteiger charge is -2.20. The summed E-state index contributed by atoms with van der Waals surface area (Å²) in [6.45, 7) is 4.58. The second kappa shape index (κ2) is 6.03. The number of sulfonamides is 1. The highest BCUT2D eigenvalue weighted by molar-refractivity contribution is 7.89. The zero-order valence-corrected chi connectivity index (χ0v) is 13.7. The molecule has 0 aliphatic carbocycles. The van der Waals surface area contributed by atoms with E-state index < -0.39 is 10.0 Å². The first-order valence-electron chi connectivity index (χ1n) is 7.03. The molecule has 0 aliphatic heterocycles. The van der Waals surface area contributed by atoms with Gasteiger partial charge in [-0.15, -0.1) is 0 Å². The largest absolute Gasteiger partial charge is 0.371 e. The molecule has 21 heavy (non-hydrogen) atoms. The zero-order chi connectivity index (χ0) is 15.6. The Labute approximate surface area is 125 Å². The van der Waals surface area contributed by atoms with Crippen LogP contribution in [0.15, 0.2) is 29.4 Å². The van der Waals surface area contributed by atoms with Crippen LogP contribution in [0.2, 0.25) is 0 Å². The van der Waals surface area contributed by atoms with Gasteiger partial charge in [0.15, 0.2) is 10.8 Å². The fourth-order valence-electron chi connectivity index (χ4n) is 2.20. The van der Waals surface area contributed by atoms with E-state index in [1.807, 2.05) is 13.0 Å². The van der Waals surface area contributed by atoms with Gasteiger partial charge in [-0.2, -0.15) is 4.31 Å². The Morgan fingerprint density at radius 3 is 2.76 bits per heavy atom. The molecule has 0 amide bonds. The number of nitrogens with zero attached hydrogens (tertiary/aromatic N) is 3. The summed E-state index contributed by atoms with van der Waals surface area (Å²) in [5.41, 5.74) is 0.609. The van der Waals surface area contributed by atoms with Gasteiger partial charge in [-0.1, -0.05) is 26.3 Å². The Morgan fingerprint density at radius 1 is 1.43 bits per heavy atom. The highest BCUT2D eigenvalue weighted by atomic mass is 32.2. The monoisotopic (exact) mass is 310 g/mol. The topological polar surface area (TPSA) is 66.7 Å². The lowest BCUT2D eigenvalue weighted by molar-refractivity contribution is 0.392. The van der Waals surface area contributed by atoms with Gasteiger partial charge in [0.25, 0.3) is 10.0 Å². The maximum Gasteiger partial charge on any atom is 0.262 e. The molecule has 6 nitrogen and oxygen atoms in total. The van der Waals surface area contributed by atoms with Crippen LogP contribution >= 0.6 is 0 Å². The molecular weight excluding hydrogens is 288 g/mol. The molecule has 116 valence electrons. The average Bonchev–Trinajstić information content (AvgIpc) is 2.85. The van der Waals surface area contributed by atoms with Crippen LogP contribution in [0.1, 0.15) is 20.3 Å². The number of rotatable bonds is 6. The summed E-state index contributed by atoms with van der Waals surface area (Å²) in [5.74, 6) is 0.680. The van der Waals surface area contributed by atoms with Gasteiger partial charge < -0.3 is 5.32 Å². The van der Waals surface area contributed by atoms with Crippen molar-refractivity contribution in [2.45, 2.75) is 25.3 Å². The van der Waals surface area contributed by atoms with Crippen LogP contribution in [-0.2, 0) is 10.0 Å². The van der Waals surface area contributed by atoms with Gasteiger partial charge in [0, 0.05) is 26.8 Å². The van der Waals surface area contributed by atoms with E-state index in [0.717, 1.165) is 6.42 Å². The van der Waals surface area contributed by atoms with Crippen molar-refractivity contribution in [3.63, 3.8) is 0 Å². The molecule has 0 spiro atoms. The fraction of sp³-hybridized carbons (Fsp3) is 0.500. The van der Waals surface area contributed by atoms with Crippen molar-refractivity contribution in [3.8, 4) is 0 Å². The maximum atomic E-state index is 12.9. The first-order valence-corrected chi connectivity index (χ1v) is 8.47. The van der Waals surface area contributed by atoms with E-state index in [2.05, 4.69) is 17.2 Å². The van der Waals surface area contributed by atoms with Crippen molar-refractivity contribution in [1.82, 2.24) is 13.7 Å². The molecule has 7 heteroatoms. The normalized spacial score (nSPS) is 13.8. The lowest BCUT2D eigenvalue weighted by Crippen LogP contribution is -2.32. The molecule has 0 radical (unpaired) electrons. The van der Waals surface area contributed by atoms with Crippen LogP contribution in [0, 0.1) is 5.92 Å². The smallest absolute Gasteiger partial charge is 0.262 e. The van der Waals surface area contributed by atoms with Crippen molar-refractivity contribution in [2.75, 3.05) is 26.0 Å². The number of imidazole rings is 1. The third kappa shape index (κ3) is 2.89. The van der Waals surface area contributed by atoms with Crippen LogP contribution in [0.25, 0.3) is 5.65 Å². The predicted molar refractivity (Wildman–Crippen MR) is 84.0 cm³/mol. The van der Waals surface area contributed by atoms with Gasteiger partial charge in [0.2, 0.25) is 0 Å². The molecule has 0 bridgehead atoms. The molecule has 2 aromatic rings. The summed E-state index contributed by atoms with van der Waals surface area (Å²) >= 11 is 0. The standard InChI is InChI=1S/C14H22N4O2S/c1-5-11(2)10-17(4)21(19,20)14-13(15-3)16-12-8-6-7-9-18(12)14/h6-9,11,15H,5,10H2,1-4H3.